The lowest BCUT2D eigenvalue weighted by atomic mass is 9.85. The molecule has 0 radical (unpaired) electrons. The quantitative estimate of drug-likeness (QED) is 0.341. The van der Waals surface area contributed by atoms with E-state index >= 15 is 0 Å². The van der Waals surface area contributed by atoms with E-state index in [1.807, 2.05) is 42.9 Å². The normalized spacial score (nSPS) is 19.9. The van der Waals surface area contributed by atoms with Gasteiger partial charge in [0, 0.05) is 44.8 Å². The second-order valence-corrected chi connectivity index (χ2v) is 9.17. The third-order valence-electron chi connectivity index (χ3n) is 5.69. The van der Waals surface area contributed by atoms with Crippen LogP contribution >= 0.6 is 0 Å². The zero-order valence-corrected chi connectivity index (χ0v) is 22.8. The number of rotatable bonds is 4. The van der Waals surface area contributed by atoms with Crippen molar-refractivity contribution >= 4 is 23.7 Å². The maximum absolute atomic E-state index is 10.6. The average molecular weight is 666 g/mol. The summed E-state index contributed by atoms with van der Waals surface area (Å²) in [4.78, 5) is 37.9. The van der Waals surface area contributed by atoms with Crippen molar-refractivity contribution in [3.63, 3.8) is 0 Å². The monoisotopic (exact) mass is 666 g/mol. The molecule has 3 atom stereocenters. The highest BCUT2D eigenvalue weighted by atomic mass is 19.4. The van der Waals surface area contributed by atoms with Crippen molar-refractivity contribution in [2.45, 2.75) is 50.1 Å². The van der Waals surface area contributed by atoms with E-state index in [0.717, 1.165) is 38.5 Å². The maximum Gasteiger partial charge on any atom is 0.490 e. The van der Waals surface area contributed by atoms with Crippen molar-refractivity contribution in [1.82, 2.24) is 14.9 Å². The van der Waals surface area contributed by atoms with Crippen LogP contribution in [-0.4, -0.2) is 98.5 Å². The van der Waals surface area contributed by atoms with Crippen LogP contribution in [0.3, 0.4) is 0 Å². The second kappa shape index (κ2) is 17.3. The summed E-state index contributed by atoms with van der Waals surface area (Å²) in [5, 5.41) is 25.0. The summed E-state index contributed by atoms with van der Waals surface area (Å²) in [5.41, 5.74) is 1.27. The lowest BCUT2D eigenvalue weighted by Gasteiger charge is -2.46. The Kier molecular flexibility index (Phi) is 15.0. The number of hydrogen-bond donors (Lipinski definition) is 4. The van der Waals surface area contributed by atoms with Gasteiger partial charge in [-0.05, 0) is 42.5 Å². The lowest BCUT2D eigenvalue weighted by molar-refractivity contribution is -0.193. The van der Waals surface area contributed by atoms with Crippen molar-refractivity contribution in [3.8, 4) is 0 Å². The third-order valence-corrected chi connectivity index (χ3v) is 5.69. The summed E-state index contributed by atoms with van der Waals surface area (Å²) in [6.45, 7) is 3.88. The molecule has 0 saturated carbocycles. The molecular weight excluding hydrogens is 639 g/mol. The van der Waals surface area contributed by atoms with E-state index < -0.39 is 36.4 Å². The molecule has 0 unspecified atom stereocenters. The fraction of sp³-hybridized carbons (Fsp3) is 0.480. The number of halogens is 9. The van der Waals surface area contributed by atoms with Gasteiger partial charge in [0.25, 0.3) is 0 Å². The molecular formula is C25H27F9N4O7. The third kappa shape index (κ3) is 15.4. The molecule has 0 aromatic carbocycles. The Morgan fingerprint density at radius 1 is 0.844 bits per heavy atom. The summed E-state index contributed by atoms with van der Waals surface area (Å²) < 4.78 is 101. The molecule has 0 bridgehead atoms. The predicted octanol–water partition coefficient (Wildman–Crippen LogP) is 4.47. The molecule has 2 aliphatic rings. The minimum atomic E-state index is -5.08. The standard InChI is InChI=1S/C19H24N4O.3C2HF3O2/c1-2-9-21-18(7-1)22-17-14-23(12-15-5-3-8-20-11-15)13-16-6-4-10-24-19(16)17;3*3-2(4,5)1(6)7/h1-3,5,7-9,11,16-17,19H,4,6,10,12-14H2,(H,21,22);3*(H,6,7)/t16-,17+,19-;;;/m0.../s1. The number of ether oxygens (including phenoxy) is 1. The van der Waals surface area contributed by atoms with Gasteiger partial charge < -0.3 is 25.4 Å². The van der Waals surface area contributed by atoms with Crippen LogP contribution in [0.2, 0.25) is 0 Å². The molecule has 45 heavy (non-hydrogen) atoms. The highest BCUT2D eigenvalue weighted by Crippen LogP contribution is 2.30. The minimum absolute atomic E-state index is 0.274. The zero-order valence-electron chi connectivity index (χ0n) is 22.8. The van der Waals surface area contributed by atoms with Gasteiger partial charge in [-0.2, -0.15) is 39.5 Å². The van der Waals surface area contributed by atoms with E-state index in [1.165, 1.54) is 12.0 Å². The first-order chi connectivity index (χ1) is 20.7. The predicted molar refractivity (Wildman–Crippen MR) is 135 cm³/mol. The number of piperidine rings is 1. The Hall–Kier alpha value is -4.20. The van der Waals surface area contributed by atoms with Gasteiger partial charge in [0.15, 0.2) is 0 Å². The Balaban J connectivity index is 0.000000396. The van der Waals surface area contributed by atoms with Crippen LogP contribution in [0.1, 0.15) is 18.4 Å². The topological polar surface area (TPSA) is 162 Å². The molecule has 2 aromatic rings. The van der Waals surface area contributed by atoms with Crippen molar-refractivity contribution in [2.75, 3.05) is 25.0 Å². The van der Waals surface area contributed by atoms with Crippen molar-refractivity contribution < 1.29 is 74.0 Å². The number of aliphatic carboxylic acids is 3. The van der Waals surface area contributed by atoms with E-state index in [1.54, 1.807) is 0 Å². The molecule has 2 aromatic heterocycles. The van der Waals surface area contributed by atoms with Gasteiger partial charge in [-0.1, -0.05) is 12.1 Å². The summed E-state index contributed by atoms with van der Waals surface area (Å²) in [6.07, 6.45) is -6.93. The number of hydrogen-bond acceptors (Lipinski definition) is 8. The van der Waals surface area contributed by atoms with Crippen LogP contribution in [0.15, 0.2) is 48.9 Å². The van der Waals surface area contributed by atoms with E-state index in [0.29, 0.717) is 5.92 Å². The van der Waals surface area contributed by atoms with Gasteiger partial charge >= 0.3 is 36.4 Å². The van der Waals surface area contributed by atoms with Crippen molar-refractivity contribution in [3.05, 3.63) is 54.5 Å². The average Bonchev–Trinajstić information content (AvgIpc) is 2.94. The zero-order chi connectivity index (χ0) is 34.4. The number of carboxylic acid groups (broad SMARTS) is 3. The molecule has 2 fully saturated rings. The first-order valence-electron chi connectivity index (χ1n) is 12.5. The number of aromatic nitrogens is 2. The molecule has 0 amide bonds. The number of pyridine rings is 2. The molecule has 2 saturated heterocycles. The number of anilines is 1. The van der Waals surface area contributed by atoms with Crippen LogP contribution < -0.4 is 5.32 Å². The van der Waals surface area contributed by atoms with E-state index in [-0.39, 0.29) is 12.1 Å². The fourth-order valence-corrected chi connectivity index (χ4v) is 3.94. The molecule has 2 aliphatic heterocycles. The summed E-state index contributed by atoms with van der Waals surface area (Å²) in [5.74, 6) is -6.75. The molecule has 4 N–H and O–H groups in total. The highest BCUT2D eigenvalue weighted by molar-refractivity contribution is 5.73. The lowest BCUT2D eigenvalue weighted by Crippen LogP contribution is -2.57. The SMILES string of the molecule is O=C(O)C(F)(F)F.O=C(O)C(F)(F)F.O=C(O)C(F)(F)F.c1ccc(N[C@@H]2CN(Cc3cccnc3)C[C@@H]3CCCO[C@@H]32)nc1. The number of nitrogens with zero attached hydrogens (tertiary/aromatic N) is 3. The van der Waals surface area contributed by atoms with Crippen LogP contribution in [0.4, 0.5) is 45.3 Å². The molecule has 0 aliphatic carbocycles. The molecule has 11 nitrogen and oxygen atoms in total. The van der Waals surface area contributed by atoms with Crippen molar-refractivity contribution in [2.24, 2.45) is 5.92 Å². The maximum atomic E-state index is 10.6. The Morgan fingerprint density at radius 3 is 1.84 bits per heavy atom. The van der Waals surface area contributed by atoms with E-state index in [2.05, 4.69) is 26.3 Å². The molecule has 20 heteroatoms. The first kappa shape index (κ1) is 38.8. The number of carbonyl (C=O) groups is 3. The number of carboxylic acids is 3. The van der Waals surface area contributed by atoms with Gasteiger partial charge in [-0.3, -0.25) is 9.88 Å². The number of alkyl halides is 9. The minimum Gasteiger partial charge on any atom is -0.475 e. The summed E-state index contributed by atoms with van der Waals surface area (Å²) in [6, 6.07) is 10.4. The molecule has 4 heterocycles. The van der Waals surface area contributed by atoms with Gasteiger partial charge in [0.2, 0.25) is 0 Å². The number of nitrogens with one attached hydrogen (secondary N) is 1. The van der Waals surface area contributed by atoms with E-state index in [4.69, 9.17) is 34.4 Å². The van der Waals surface area contributed by atoms with Gasteiger partial charge in [0.05, 0.1) is 12.1 Å². The van der Waals surface area contributed by atoms with E-state index in [9.17, 15) is 39.5 Å². The van der Waals surface area contributed by atoms with Crippen LogP contribution in [0.5, 0.6) is 0 Å². The van der Waals surface area contributed by atoms with Crippen LogP contribution in [0.25, 0.3) is 0 Å². The number of likely N-dealkylation sites (tertiary alicyclic amines) is 1. The van der Waals surface area contributed by atoms with Gasteiger partial charge in [-0.25, -0.2) is 19.4 Å². The smallest absolute Gasteiger partial charge is 0.475 e. The largest absolute Gasteiger partial charge is 0.490 e. The van der Waals surface area contributed by atoms with Crippen LogP contribution in [-0.2, 0) is 25.7 Å². The van der Waals surface area contributed by atoms with Crippen molar-refractivity contribution in [1.29, 1.82) is 0 Å². The number of fused-ring (bicyclic) bond motifs is 1. The second-order valence-electron chi connectivity index (χ2n) is 9.17. The fourth-order valence-electron chi connectivity index (χ4n) is 3.94. The molecule has 0 spiro atoms. The Labute approximate surface area is 248 Å². The Bertz CT molecular complexity index is 1140. The molecule has 252 valence electrons. The van der Waals surface area contributed by atoms with Gasteiger partial charge in [0.1, 0.15) is 5.82 Å². The first-order valence-corrected chi connectivity index (χ1v) is 12.5. The Morgan fingerprint density at radius 2 is 1.40 bits per heavy atom. The highest BCUT2D eigenvalue weighted by Gasteiger charge is 2.40. The van der Waals surface area contributed by atoms with Gasteiger partial charge in [-0.15, -0.1) is 0 Å². The summed E-state index contributed by atoms with van der Waals surface area (Å²) >= 11 is 0. The summed E-state index contributed by atoms with van der Waals surface area (Å²) in [7, 11) is 0. The van der Waals surface area contributed by atoms with Crippen LogP contribution in [0, 0.1) is 5.92 Å². The molecule has 4 rings (SSSR count).